The number of aromatic nitrogens is 3. The Labute approximate surface area is 294 Å². The van der Waals surface area contributed by atoms with E-state index in [4.69, 9.17) is 19.4 Å². The number of nitrogens with zero attached hydrogens (tertiary/aromatic N) is 3. The van der Waals surface area contributed by atoms with E-state index >= 15 is 0 Å². The normalized spacial score (nSPS) is 11.5. The van der Waals surface area contributed by atoms with Crippen LogP contribution in [0.1, 0.15) is 0 Å². The predicted octanol–water partition coefficient (Wildman–Crippen LogP) is 12.4. The highest BCUT2D eigenvalue weighted by Crippen LogP contribution is 2.41. The zero-order valence-electron chi connectivity index (χ0n) is 27.5. The molecule has 0 bridgehead atoms. The third kappa shape index (κ3) is 5.04. The standard InChI is InChI=1S/C47H29N3O/c1-2-13-33(14-3-1)45-48-46(34-26-24-32(25-27-34)38-18-8-16-31-12-6-7-17-37(31)38)50-47(49-45)41-21-10-22-42-43(41)40-20-9-19-39(44(40)51-42)36-28-23-30-11-4-5-15-35(30)29-36/h1-29H. The molecule has 238 valence electrons. The molecule has 0 atom stereocenters. The van der Waals surface area contributed by atoms with Crippen molar-refractivity contribution in [1.82, 2.24) is 15.0 Å². The molecule has 0 spiro atoms. The summed E-state index contributed by atoms with van der Waals surface area (Å²) in [6.45, 7) is 0. The van der Waals surface area contributed by atoms with E-state index in [2.05, 4.69) is 133 Å². The van der Waals surface area contributed by atoms with Gasteiger partial charge in [0.25, 0.3) is 0 Å². The van der Waals surface area contributed by atoms with E-state index in [0.717, 1.165) is 55.3 Å². The van der Waals surface area contributed by atoms with Crippen molar-refractivity contribution in [3.05, 3.63) is 176 Å². The van der Waals surface area contributed by atoms with E-state index in [1.165, 1.54) is 27.1 Å². The highest BCUT2D eigenvalue weighted by molar-refractivity contribution is 6.15. The molecule has 0 aliphatic rings. The van der Waals surface area contributed by atoms with Crippen LogP contribution in [0.3, 0.4) is 0 Å². The molecule has 4 heteroatoms. The van der Waals surface area contributed by atoms with Gasteiger partial charge < -0.3 is 4.42 Å². The zero-order valence-corrected chi connectivity index (χ0v) is 27.5. The molecule has 0 saturated carbocycles. The maximum Gasteiger partial charge on any atom is 0.164 e. The number of para-hydroxylation sites is 1. The Morgan fingerprint density at radius 2 is 0.902 bits per heavy atom. The van der Waals surface area contributed by atoms with E-state index < -0.39 is 0 Å². The fourth-order valence-corrected chi connectivity index (χ4v) is 7.24. The predicted molar refractivity (Wildman–Crippen MR) is 209 cm³/mol. The van der Waals surface area contributed by atoms with Gasteiger partial charge in [0.1, 0.15) is 11.2 Å². The Kier molecular flexibility index (Phi) is 6.78. The molecule has 0 fully saturated rings. The molecule has 0 amide bonds. The summed E-state index contributed by atoms with van der Waals surface area (Å²) in [7, 11) is 0. The van der Waals surface area contributed by atoms with Gasteiger partial charge in [-0.3, -0.25) is 0 Å². The van der Waals surface area contributed by atoms with Crippen molar-refractivity contribution < 1.29 is 4.42 Å². The van der Waals surface area contributed by atoms with Crippen LogP contribution in [0.5, 0.6) is 0 Å². The maximum atomic E-state index is 6.66. The SMILES string of the molecule is c1ccc(-c2nc(-c3ccc(-c4cccc5ccccc45)cc3)nc(-c3cccc4oc5c(-c6ccc7ccccc7c6)cccc5c34)n2)cc1. The lowest BCUT2D eigenvalue weighted by atomic mass is 9.97. The monoisotopic (exact) mass is 651 g/mol. The summed E-state index contributed by atoms with van der Waals surface area (Å²) in [4.78, 5) is 15.2. The van der Waals surface area contributed by atoms with E-state index in [-0.39, 0.29) is 0 Å². The minimum Gasteiger partial charge on any atom is -0.455 e. The summed E-state index contributed by atoms with van der Waals surface area (Å²) in [5.41, 5.74) is 8.88. The van der Waals surface area contributed by atoms with Crippen molar-refractivity contribution in [2.45, 2.75) is 0 Å². The van der Waals surface area contributed by atoms with Gasteiger partial charge in [-0.1, -0.05) is 164 Å². The largest absolute Gasteiger partial charge is 0.455 e. The molecule has 0 aliphatic carbocycles. The molecule has 51 heavy (non-hydrogen) atoms. The second-order valence-corrected chi connectivity index (χ2v) is 12.8. The minimum absolute atomic E-state index is 0.599. The van der Waals surface area contributed by atoms with Crippen LogP contribution in [0, 0.1) is 0 Å². The number of fused-ring (bicyclic) bond motifs is 5. The summed E-state index contributed by atoms with van der Waals surface area (Å²) in [6.07, 6.45) is 0. The van der Waals surface area contributed by atoms with Gasteiger partial charge in [0, 0.05) is 33.0 Å². The maximum absolute atomic E-state index is 6.66. The highest BCUT2D eigenvalue weighted by atomic mass is 16.3. The first kappa shape index (κ1) is 29.0. The minimum atomic E-state index is 0.599. The number of hydrogen-bond acceptors (Lipinski definition) is 4. The molecule has 10 rings (SSSR count). The second kappa shape index (κ2) is 11.9. The Bertz CT molecular complexity index is 2900. The van der Waals surface area contributed by atoms with Gasteiger partial charge in [0.15, 0.2) is 17.5 Å². The van der Waals surface area contributed by atoms with Crippen LogP contribution in [0.25, 0.3) is 99.9 Å². The summed E-state index contributed by atoms with van der Waals surface area (Å²) in [5.74, 6) is 1.83. The molecule has 10 aromatic rings. The van der Waals surface area contributed by atoms with Gasteiger partial charge in [-0.2, -0.15) is 0 Å². The summed E-state index contributed by atoms with van der Waals surface area (Å²) < 4.78 is 6.66. The van der Waals surface area contributed by atoms with Gasteiger partial charge in [-0.25, -0.2) is 15.0 Å². The number of benzene rings is 8. The zero-order chi connectivity index (χ0) is 33.7. The van der Waals surface area contributed by atoms with Crippen LogP contribution >= 0.6 is 0 Å². The number of rotatable bonds is 5. The molecule has 0 unspecified atom stereocenters. The Morgan fingerprint density at radius 3 is 1.75 bits per heavy atom. The van der Waals surface area contributed by atoms with Crippen molar-refractivity contribution in [3.8, 4) is 56.4 Å². The summed E-state index contributed by atoms with van der Waals surface area (Å²) in [6, 6.07) is 61.0. The lowest BCUT2D eigenvalue weighted by Crippen LogP contribution is -2.00. The summed E-state index contributed by atoms with van der Waals surface area (Å²) in [5, 5.41) is 6.86. The second-order valence-electron chi connectivity index (χ2n) is 12.8. The fraction of sp³-hybridized carbons (Fsp3) is 0. The summed E-state index contributed by atoms with van der Waals surface area (Å²) >= 11 is 0. The number of hydrogen-bond donors (Lipinski definition) is 0. The molecule has 0 radical (unpaired) electrons. The van der Waals surface area contributed by atoms with Crippen LogP contribution in [-0.4, -0.2) is 15.0 Å². The molecule has 4 nitrogen and oxygen atoms in total. The van der Waals surface area contributed by atoms with Crippen LogP contribution in [0.4, 0.5) is 0 Å². The smallest absolute Gasteiger partial charge is 0.164 e. The van der Waals surface area contributed by atoms with Crippen molar-refractivity contribution in [1.29, 1.82) is 0 Å². The van der Waals surface area contributed by atoms with Crippen molar-refractivity contribution in [3.63, 3.8) is 0 Å². The Morgan fingerprint density at radius 1 is 0.333 bits per heavy atom. The molecular weight excluding hydrogens is 623 g/mol. The molecule has 0 N–H and O–H groups in total. The van der Waals surface area contributed by atoms with Crippen LogP contribution < -0.4 is 0 Å². The third-order valence-corrected chi connectivity index (χ3v) is 9.74. The lowest BCUT2D eigenvalue weighted by molar-refractivity contribution is 0.670. The van der Waals surface area contributed by atoms with Gasteiger partial charge in [-0.05, 0) is 50.4 Å². The molecular formula is C47H29N3O. The van der Waals surface area contributed by atoms with Gasteiger partial charge in [0.05, 0.1) is 0 Å². The lowest BCUT2D eigenvalue weighted by Gasteiger charge is -2.10. The Balaban J connectivity index is 1.13. The van der Waals surface area contributed by atoms with E-state index in [1.807, 2.05) is 42.5 Å². The first-order valence-corrected chi connectivity index (χ1v) is 17.1. The molecule has 0 aliphatic heterocycles. The first-order chi connectivity index (χ1) is 25.3. The van der Waals surface area contributed by atoms with E-state index in [9.17, 15) is 0 Å². The van der Waals surface area contributed by atoms with Gasteiger partial charge >= 0.3 is 0 Å². The van der Waals surface area contributed by atoms with Crippen molar-refractivity contribution in [2.24, 2.45) is 0 Å². The fourth-order valence-electron chi connectivity index (χ4n) is 7.24. The van der Waals surface area contributed by atoms with Crippen LogP contribution in [0.15, 0.2) is 180 Å². The Hall–Kier alpha value is -6.91. The van der Waals surface area contributed by atoms with E-state index in [1.54, 1.807) is 0 Å². The first-order valence-electron chi connectivity index (χ1n) is 17.1. The molecule has 8 aromatic carbocycles. The van der Waals surface area contributed by atoms with E-state index in [0.29, 0.717) is 17.5 Å². The van der Waals surface area contributed by atoms with Gasteiger partial charge in [-0.15, -0.1) is 0 Å². The van der Waals surface area contributed by atoms with Gasteiger partial charge in [0.2, 0.25) is 0 Å². The number of furan rings is 1. The topological polar surface area (TPSA) is 51.8 Å². The molecule has 0 saturated heterocycles. The quantitative estimate of drug-likeness (QED) is 0.186. The molecule has 2 heterocycles. The molecule has 2 aromatic heterocycles. The van der Waals surface area contributed by atoms with Crippen molar-refractivity contribution in [2.75, 3.05) is 0 Å². The highest BCUT2D eigenvalue weighted by Gasteiger charge is 2.19. The van der Waals surface area contributed by atoms with Crippen LogP contribution in [-0.2, 0) is 0 Å². The average Bonchev–Trinajstić information content (AvgIpc) is 3.60. The van der Waals surface area contributed by atoms with Crippen molar-refractivity contribution >= 4 is 43.5 Å². The average molecular weight is 652 g/mol. The third-order valence-electron chi connectivity index (χ3n) is 9.74. The van der Waals surface area contributed by atoms with Crippen LogP contribution in [0.2, 0.25) is 0 Å².